The molecule has 0 atom stereocenters. The average Bonchev–Trinajstić information content (AvgIpc) is 2.30. The number of rotatable bonds is 5. The van der Waals surface area contributed by atoms with Gasteiger partial charge in [-0.3, -0.25) is 4.79 Å². The molecule has 0 saturated heterocycles. The first kappa shape index (κ1) is 14.6. The van der Waals surface area contributed by atoms with Gasteiger partial charge in [0.2, 0.25) is 5.91 Å². The lowest BCUT2D eigenvalue weighted by atomic mass is 9.89. The summed E-state index contributed by atoms with van der Waals surface area (Å²) in [4.78, 5) is 11.6. The van der Waals surface area contributed by atoms with Crippen molar-refractivity contribution in [3.8, 4) is 0 Å². The van der Waals surface area contributed by atoms with Crippen LogP contribution in [0, 0.1) is 17.0 Å². The third-order valence-electron chi connectivity index (χ3n) is 2.68. The van der Waals surface area contributed by atoms with Gasteiger partial charge in [0, 0.05) is 18.5 Å². The normalized spacial score (nSPS) is 11.4. The van der Waals surface area contributed by atoms with Gasteiger partial charge in [0.1, 0.15) is 11.6 Å². The molecule has 3 nitrogen and oxygen atoms in total. The third kappa shape index (κ3) is 4.41. The molecule has 1 amide bonds. The van der Waals surface area contributed by atoms with Crippen molar-refractivity contribution in [1.29, 1.82) is 0 Å². The Kier molecular flexibility index (Phi) is 4.78. The number of amides is 1. The highest BCUT2D eigenvalue weighted by atomic mass is 19.1. The van der Waals surface area contributed by atoms with E-state index in [9.17, 15) is 13.6 Å². The molecule has 1 rings (SSSR count). The summed E-state index contributed by atoms with van der Waals surface area (Å²) < 4.78 is 26.2. The second-order valence-corrected chi connectivity index (χ2v) is 5.06. The number of halogens is 2. The molecule has 100 valence electrons. The smallest absolute Gasteiger partial charge is 0.220 e. The van der Waals surface area contributed by atoms with Crippen LogP contribution in [0.4, 0.5) is 8.78 Å². The fourth-order valence-corrected chi connectivity index (χ4v) is 1.44. The number of carbonyl (C=O) groups excluding carboxylic acids is 1. The summed E-state index contributed by atoms with van der Waals surface area (Å²) in [5, 5.41) is 2.56. The van der Waals surface area contributed by atoms with Crippen molar-refractivity contribution < 1.29 is 13.6 Å². The largest absolute Gasteiger partial charge is 0.352 e. The van der Waals surface area contributed by atoms with Crippen molar-refractivity contribution >= 4 is 5.91 Å². The van der Waals surface area contributed by atoms with Gasteiger partial charge >= 0.3 is 0 Å². The fraction of sp³-hybridized carbons (Fsp3) is 0.462. The van der Waals surface area contributed by atoms with Crippen molar-refractivity contribution in [2.45, 2.75) is 26.8 Å². The zero-order valence-corrected chi connectivity index (χ0v) is 10.6. The minimum Gasteiger partial charge on any atom is -0.352 e. The van der Waals surface area contributed by atoms with E-state index in [4.69, 9.17) is 5.73 Å². The maximum Gasteiger partial charge on any atom is 0.220 e. The average molecular weight is 256 g/mol. The Bertz CT molecular complexity index is 433. The van der Waals surface area contributed by atoms with E-state index in [2.05, 4.69) is 5.32 Å². The molecule has 0 aliphatic carbocycles. The Morgan fingerprint density at radius 1 is 1.39 bits per heavy atom. The predicted octanol–water partition coefficient (Wildman–Crippen LogP) is 1.96. The number of nitrogens with two attached hydrogens (primary N) is 1. The maximum atomic E-state index is 13.3. The van der Waals surface area contributed by atoms with Crippen molar-refractivity contribution in [2.24, 2.45) is 11.1 Å². The van der Waals surface area contributed by atoms with Gasteiger partial charge in [0.05, 0.1) is 0 Å². The molecule has 0 heterocycles. The Morgan fingerprint density at radius 2 is 2.06 bits per heavy atom. The first-order chi connectivity index (χ1) is 8.34. The highest BCUT2D eigenvalue weighted by Gasteiger charge is 2.20. The first-order valence-corrected chi connectivity index (χ1v) is 5.75. The van der Waals surface area contributed by atoms with E-state index in [-0.39, 0.29) is 29.9 Å². The first-order valence-electron chi connectivity index (χ1n) is 5.75. The lowest BCUT2D eigenvalue weighted by Gasteiger charge is -2.21. The molecule has 0 radical (unpaired) electrons. The van der Waals surface area contributed by atoms with Gasteiger partial charge in [-0.2, -0.15) is 0 Å². The van der Waals surface area contributed by atoms with Gasteiger partial charge in [-0.1, -0.05) is 13.8 Å². The van der Waals surface area contributed by atoms with E-state index in [1.54, 1.807) is 0 Å². The highest BCUT2D eigenvalue weighted by Crippen LogP contribution is 2.17. The van der Waals surface area contributed by atoms with Crippen LogP contribution < -0.4 is 11.1 Å². The van der Waals surface area contributed by atoms with E-state index in [0.29, 0.717) is 6.54 Å². The van der Waals surface area contributed by atoms with Gasteiger partial charge in [-0.05, 0) is 30.2 Å². The third-order valence-corrected chi connectivity index (χ3v) is 2.68. The van der Waals surface area contributed by atoms with Crippen LogP contribution in [0.1, 0.15) is 25.8 Å². The van der Waals surface area contributed by atoms with E-state index in [0.717, 1.165) is 18.2 Å². The Labute approximate surface area is 105 Å². The van der Waals surface area contributed by atoms with Crippen LogP contribution in [0.2, 0.25) is 0 Å². The van der Waals surface area contributed by atoms with Gasteiger partial charge in [0.25, 0.3) is 0 Å². The molecule has 0 aliphatic heterocycles. The summed E-state index contributed by atoms with van der Waals surface area (Å²) in [6, 6.07) is 3.16. The van der Waals surface area contributed by atoms with Gasteiger partial charge < -0.3 is 11.1 Å². The van der Waals surface area contributed by atoms with E-state index in [1.807, 2.05) is 13.8 Å². The SMILES string of the molecule is CC(C)(CN)CC(=O)NCc1cc(F)ccc1F. The van der Waals surface area contributed by atoms with Gasteiger partial charge in [0.15, 0.2) is 0 Å². The monoisotopic (exact) mass is 256 g/mol. The topological polar surface area (TPSA) is 55.1 Å². The Hall–Kier alpha value is -1.49. The molecule has 0 spiro atoms. The lowest BCUT2D eigenvalue weighted by molar-refractivity contribution is -0.123. The summed E-state index contributed by atoms with van der Waals surface area (Å²) in [7, 11) is 0. The fourth-order valence-electron chi connectivity index (χ4n) is 1.44. The molecule has 3 N–H and O–H groups in total. The van der Waals surface area contributed by atoms with Gasteiger partial charge in [-0.25, -0.2) is 8.78 Å². The van der Waals surface area contributed by atoms with Crippen molar-refractivity contribution in [3.63, 3.8) is 0 Å². The minimum absolute atomic E-state index is 0.0247. The summed E-state index contributed by atoms with van der Waals surface area (Å²) in [6.07, 6.45) is 0.250. The van der Waals surface area contributed by atoms with Crippen molar-refractivity contribution in [1.82, 2.24) is 5.32 Å². The minimum atomic E-state index is -0.533. The molecular formula is C13H18F2N2O. The second kappa shape index (κ2) is 5.91. The molecular weight excluding hydrogens is 238 g/mol. The molecule has 18 heavy (non-hydrogen) atoms. The maximum absolute atomic E-state index is 13.3. The second-order valence-electron chi connectivity index (χ2n) is 5.06. The molecule has 0 unspecified atom stereocenters. The van der Waals surface area contributed by atoms with Crippen molar-refractivity contribution in [2.75, 3.05) is 6.54 Å². The number of carbonyl (C=O) groups is 1. The number of hydrogen-bond acceptors (Lipinski definition) is 2. The number of nitrogens with one attached hydrogen (secondary N) is 1. The number of benzene rings is 1. The summed E-state index contributed by atoms with van der Waals surface area (Å²) in [6.45, 7) is 4.10. The van der Waals surface area contributed by atoms with Crippen LogP contribution in [-0.2, 0) is 11.3 Å². The zero-order chi connectivity index (χ0) is 13.8. The summed E-state index contributed by atoms with van der Waals surface area (Å²) >= 11 is 0. The lowest BCUT2D eigenvalue weighted by Crippen LogP contribution is -2.32. The highest BCUT2D eigenvalue weighted by molar-refractivity contribution is 5.76. The molecule has 0 bridgehead atoms. The molecule has 5 heteroatoms. The molecule has 0 aliphatic rings. The van der Waals surface area contributed by atoms with Crippen LogP contribution >= 0.6 is 0 Å². The standard InChI is InChI=1S/C13H18F2N2O/c1-13(2,8-16)6-12(18)17-7-9-5-10(14)3-4-11(9)15/h3-5H,6-8,16H2,1-2H3,(H,17,18). The molecule has 1 aromatic rings. The molecule has 1 aromatic carbocycles. The van der Waals surface area contributed by atoms with Crippen LogP contribution in [0.3, 0.4) is 0 Å². The van der Waals surface area contributed by atoms with Crippen LogP contribution in [0.25, 0.3) is 0 Å². The quantitative estimate of drug-likeness (QED) is 0.846. The number of hydrogen-bond donors (Lipinski definition) is 2. The summed E-state index contributed by atoms with van der Waals surface area (Å²) in [5.74, 6) is -1.29. The van der Waals surface area contributed by atoms with Crippen LogP contribution in [0.15, 0.2) is 18.2 Å². The molecule has 0 saturated carbocycles. The van der Waals surface area contributed by atoms with E-state index >= 15 is 0 Å². The van der Waals surface area contributed by atoms with Gasteiger partial charge in [-0.15, -0.1) is 0 Å². The van der Waals surface area contributed by atoms with Crippen LogP contribution in [-0.4, -0.2) is 12.5 Å². The van der Waals surface area contributed by atoms with E-state index < -0.39 is 11.6 Å². The Balaban J connectivity index is 2.55. The summed E-state index contributed by atoms with van der Waals surface area (Å²) in [5.41, 5.74) is 5.35. The molecule has 0 fully saturated rings. The molecule has 0 aromatic heterocycles. The predicted molar refractivity (Wildman–Crippen MR) is 65.7 cm³/mol. The van der Waals surface area contributed by atoms with Crippen LogP contribution in [0.5, 0.6) is 0 Å². The van der Waals surface area contributed by atoms with Crippen molar-refractivity contribution in [3.05, 3.63) is 35.4 Å². The zero-order valence-electron chi connectivity index (χ0n) is 10.6. The Morgan fingerprint density at radius 3 is 2.67 bits per heavy atom. The van der Waals surface area contributed by atoms with E-state index in [1.165, 1.54) is 0 Å².